The Morgan fingerprint density at radius 1 is 1.38 bits per heavy atom. The zero-order valence-electron chi connectivity index (χ0n) is 9.54. The van der Waals surface area contributed by atoms with E-state index in [1.54, 1.807) is 0 Å². The second-order valence-electron chi connectivity index (χ2n) is 4.02. The molecule has 3 nitrogen and oxygen atoms in total. The first-order valence-corrected chi connectivity index (χ1v) is 7.52. The zero-order valence-corrected chi connectivity index (χ0v) is 11.3. The number of carbonyl (C=O) groups excluding carboxylic acids is 1. The molecule has 0 atom stereocenters. The molecule has 1 aliphatic carbocycles. The van der Waals surface area contributed by atoms with Crippen molar-refractivity contribution in [1.29, 1.82) is 0 Å². The molecule has 16 heavy (non-hydrogen) atoms. The Balaban J connectivity index is 2.36. The SMILES string of the molecule is CCOC(=O)c1c(N)[se]c2c1CCCCC2. The molecule has 0 aliphatic heterocycles. The van der Waals surface area contributed by atoms with E-state index in [-0.39, 0.29) is 20.5 Å². The van der Waals surface area contributed by atoms with Gasteiger partial charge in [-0.3, -0.25) is 0 Å². The van der Waals surface area contributed by atoms with Gasteiger partial charge in [-0.2, -0.15) is 0 Å². The van der Waals surface area contributed by atoms with E-state index >= 15 is 0 Å². The fourth-order valence-electron chi connectivity index (χ4n) is 2.19. The second kappa shape index (κ2) is 5.07. The number of nitrogens with two attached hydrogens (primary N) is 1. The maximum atomic E-state index is 11.8. The Bertz CT molecular complexity index is 398. The molecule has 88 valence electrons. The molecule has 2 N–H and O–H groups in total. The molecule has 1 aromatic rings. The molecular weight excluding hydrogens is 269 g/mol. The van der Waals surface area contributed by atoms with Crippen LogP contribution in [0.2, 0.25) is 0 Å². The first kappa shape index (κ1) is 11.7. The van der Waals surface area contributed by atoms with E-state index < -0.39 is 0 Å². The summed E-state index contributed by atoms with van der Waals surface area (Å²) in [7, 11) is 0. The maximum absolute atomic E-state index is 11.8. The van der Waals surface area contributed by atoms with Crippen molar-refractivity contribution >= 4 is 25.0 Å². The van der Waals surface area contributed by atoms with Gasteiger partial charge < -0.3 is 0 Å². The quantitative estimate of drug-likeness (QED) is 0.512. The molecule has 0 radical (unpaired) electrons. The number of ether oxygens (including phenoxy) is 1. The first-order valence-electron chi connectivity index (χ1n) is 5.81. The van der Waals surface area contributed by atoms with E-state index in [1.165, 1.54) is 29.3 Å². The summed E-state index contributed by atoms with van der Waals surface area (Å²) in [6.45, 7) is 2.25. The van der Waals surface area contributed by atoms with Gasteiger partial charge in [-0.05, 0) is 0 Å². The molecule has 0 saturated heterocycles. The molecule has 1 aliphatic rings. The summed E-state index contributed by atoms with van der Waals surface area (Å²) in [5, 5.41) is 0. The van der Waals surface area contributed by atoms with Gasteiger partial charge in [0.15, 0.2) is 0 Å². The Morgan fingerprint density at radius 3 is 2.88 bits per heavy atom. The molecule has 2 rings (SSSR count). The molecule has 1 heterocycles. The summed E-state index contributed by atoms with van der Waals surface area (Å²) in [4.78, 5) is 11.8. The normalized spacial score (nSPS) is 15.3. The van der Waals surface area contributed by atoms with Crippen molar-refractivity contribution in [2.45, 2.75) is 39.0 Å². The predicted octanol–water partition coefficient (Wildman–Crippen LogP) is 1.77. The number of carbonyl (C=O) groups is 1. The fourth-order valence-corrected chi connectivity index (χ4v) is 4.60. The van der Waals surface area contributed by atoms with Crippen molar-refractivity contribution in [3.05, 3.63) is 15.6 Å². The van der Waals surface area contributed by atoms with Crippen LogP contribution < -0.4 is 5.73 Å². The van der Waals surface area contributed by atoms with Crippen LogP contribution in [0.15, 0.2) is 0 Å². The van der Waals surface area contributed by atoms with Crippen molar-refractivity contribution in [2.75, 3.05) is 12.3 Å². The zero-order chi connectivity index (χ0) is 11.5. The van der Waals surface area contributed by atoms with Crippen LogP contribution in [0.4, 0.5) is 4.56 Å². The minimum absolute atomic E-state index is 0.196. The van der Waals surface area contributed by atoms with Crippen LogP contribution in [0.3, 0.4) is 0 Å². The molecule has 4 heteroatoms. The topological polar surface area (TPSA) is 52.3 Å². The van der Waals surface area contributed by atoms with Gasteiger partial charge in [-0.1, -0.05) is 0 Å². The van der Waals surface area contributed by atoms with E-state index in [4.69, 9.17) is 10.5 Å². The predicted molar refractivity (Wildman–Crippen MR) is 65.0 cm³/mol. The third-order valence-electron chi connectivity index (χ3n) is 2.93. The van der Waals surface area contributed by atoms with Gasteiger partial charge in [0, 0.05) is 0 Å². The van der Waals surface area contributed by atoms with E-state index in [0.717, 1.165) is 17.4 Å². The van der Waals surface area contributed by atoms with Crippen molar-refractivity contribution in [1.82, 2.24) is 0 Å². The van der Waals surface area contributed by atoms with Crippen LogP contribution in [-0.2, 0) is 17.6 Å². The number of rotatable bonds is 2. The van der Waals surface area contributed by atoms with Crippen LogP contribution in [0, 0.1) is 0 Å². The number of aryl methyl sites for hydroxylation is 1. The van der Waals surface area contributed by atoms with Gasteiger partial charge >= 0.3 is 101 Å². The van der Waals surface area contributed by atoms with Gasteiger partial charge in [0.1, 0.15) is 0 Å². The van der Waals surface area contributed by atoms with Crippen LogP contribution in [-0.4, -0.2) is 27.1 Å². The first-order chi connectivity index (χ1) is 7.74. The number of esters is 1. The fraction of sp³-hybridized carbons (Fsp3) is 0.583. The summed E-state index contributed by atoms with van der Waals surface area (Å²) in [6, 6.07) is 0. The van der Waals surface area contributed by atoms with Crippen LogP contribution in [0.5, 0.6) is 0 Å². The third-order valence-corrected chi connectivity index (χ3v) is 5.28. The van der Waals surface area contributed by atoms with Crippen molar-refractivity contribution in [3.8, 4) is 0 Å². The average Bonchev–Trinajstić information content (AvgIpc) is 2.43. The van der Waals surface area contributed by atoms with E-state index in [1.807, 2.05) is 6.92 Å². The molecule has 0 bridgehead atoms. The summed E-state index contributed by atoms with van der Waals surface area (Å²) >= 11 is 0.196. The Hall–Kier alpha value is -0.731. The summed E-state index contributed by atoms with van der Waals surface area (Å²) in [5.41, 5.74) is 7.91. The van der Waals surface area contributed by atoms with E-state index in [2.05, 4.69) is 0 Å². The standard InChI is InChI=1S/C12H17NO2Se/c1-2-15-12(14)10-8-6-4-3-5-7-9(8)16-11(10)13/h2-7,13H2,1H3. The van der Waals surface area contributed by atoms with Crippen molar-refractivity contribution in [2.24, 2.45) is 0 Å². The summed E-state index contributed by atoms with van der Waals surface area (Å²) in [5.74, 6) is -0.214. The Labute approximate surface area is 102 Å². The number of hydrogen-bond donors (Lipinski definition) is 1. The van der Waals surface area contributed by atoms with Crippen LogP contribution in [0.1, 0.15) is 46.5 Å². The molecular formula is C12H17NO2Se. The third kappa shape index (κ3) is 2.18. The summed E-state index contributed by atoms with van der Waals surface area (Å²) < 4.78 is 7.30. The molecule has 1 aromatic heterocycles. The molecule has 0 spiro atoms. The van der Waals surface area contributed by atoms with Gasteiger partial charge in [0.2, 0.25) is 0 Å². The molecule has 0 aromatic carbocycles. The van der Waals surface area contributed by atoms with E-state index in [9.17, 15) is 4.79 Å². The number of nitrogen functional groups attached to an aromatic ring is 1. The molecule has 0 unspecified atom stereocenters. The van der Waals surface area contributed by atoms with Gasteiger partial charge in [0.25, 0.3) is 0 Å². The average molecular weight is 286 g/mol. The minimum atomic E-state index is -0.214. The number of fused-ring (bicyclic) bond motifs is 1. The summed E-state index contributed by atoms with van der Waals surface area (Å²) in [6.07, 6.45) is 5.80. The second-order valence-corrected chi connectivity index (χ2v) is 6.41. The molecule has 0 saturated carbocycles. The number of anilines is 1. The van der Waals surface area contributed by atoms with Gasteiger partial charge in [-0.25, -0.2) is 0 Å². The Morgan fingerprint density at radius 2 is 2.12 bits per heavy atom. The van der Waals surface area contributed by atoms with Gasteiger partial charge in [0.05, 0.1) is 0 Å². The Kier molecular flexibility index (Phi) is 3.72. The molecule has 0 amide bonds. The van der Waals surface area contributed by atoms with Crippen LogP contribution in [0.25, 0.3) is 0 Å². The number of hydrogen-bond acceptors (Lipinski definition) is 3. The molecule has 0 fully saturated rings. The monoisotopic (exact) mass is 287 g/mol. The van der Waals surface area contributed by atoms with Crippen molar-refractivity contribution in [3.63, 3.8) is 0 Å². The van der Waals surface area contributed by atoms with Crippen molar-refractivity contribution < 1.29 is 9.53 Å². The van der Waals surface area contributed by atoms with Crippen LogP contribution >= 0.6 is 0 Å². The van der Waals surface area contributed by atoms with E-state index in [0.29, 0.717) is 12.2 Å². The van der Waals surface area contributed by atoms with Gasteiger partial charge in [-0.15, -0.1) is 0 Å².